The highest BCUT2D eigenvalue weighted by molar-refractivity contribution is 7.99. The molecule has 1 amide bonds. The molecule has 0 aliphatic heterocycles. The van der Waals surface area contributed by atoms with E-state index in [0.717, 1.165) is 24.8 Å². The van der Waals surface area contributed by atoms with Crippen LogP contribution in [0.2, 0.25) is 0 Å². The average Bonchev–Trinajstić information content (AvgIpc) is 2.95. The molecule has 1 fully saturated rings. The summed E-state index contributed by atoms with van der Waals surface area (Å²) in [4.78, 5) is 13.7. The van der Waals surface area contributed by atoms with Crippen molar-refractivity contribution < 1.29 is 4.79 Å². The molecule has 0 spiro atoms. The zero-order valence-electron chi connectivity index (χ0n) is 13.8. The molecule has 22 heavy (non-hydrogen) atoms. The molecule has 0 bridgehead atoms. The van der Waals surface area contributed by atoms with E-state index in [1.54, 1.807) is 0 Å². The SMILES string of the molecule is CC(C)Sc1ccc(C(C)NC(=O)[C@@H]2CCC[C@@H]2CN)cc1. The third kappa shape index (κ3) is 4.50. The number of nitrogens with one attached hydrogen (secondary N) is 1. The summed E-state index contributed by atoms with van der Waals surface area (Å²) in [5.41, 5.74) is 6.93. The molecule has 3 atom stereocenters. The Balaban J connectivity index is 1.93. The van der Waals surface area contributed by atoms with Crippen molar-refractivity contribution in [3.8, 4) is 0 Å². The molecule has 2 rings (SSSR count). The Morgan fingerprint density at radius 2 is 1.95 bits per heavy atom. The lowest BCUT2D eigenvalue weighted by Crippen LogP contribution is -2.36. The minimum atomic E-state index is 0.0459. The number of nitrogens with two attached hydrogens (primary N) is 1. The van der Waals surface area contributed by atoms with Crippen molar-refractivity contribution in [1.29, 1.82) is 0 Å². The Kier molecular flexibility index (Phi) is 6.33. The molecule has 1 aliphatic carbocycles. The fourth-order valence-electron chi connectivity index (χ4n) is 3.18. The fraction of sp³-hybridized carbons (Fsp3) is 0.611. The van der Waals surface area contributed by atoms with E-state index >= 15 is 0 Å². The molecule has 0 aromatic heterocycles. The zero-order chi connectivity index (χ0) is 16.1. The van der Waals surface area contributed by atoms with E-state index in [-0.39, 0.29) is 17.9 Å². The quantitative estimate of drug-likeness (QED) is 0.785. The van der Waals surface area contributed by atoms with Crippen molar-refractivity contribution in [3.05, 3.63) is 29.8 Å². The van der Waals surface area contributed by atoms with Gasteiger partial charge >= 0.3 is 0 Å². The molecule has 3 N–H and O–H groups in total. The molecule has 1 aromatic carbocycles. The first-order valence-electron chi connectivity index (χ1n) is 8.28. The second-order valence-electron chi connectivity index (χ2n) is 6.50. The minimum absolute atomic E-state index is 0.0459. The maximum atomic E-state index is 12.4. The van der Waals surface area contributed by atoms with Crippen LogP contribution in [0.15, 0.2) is 29.2 Å². The van der Waals surface area contributed by atoms with E-state index in [4.69, 9.17) is 5.73 Å². The Bertz CT molecular complexity index is 486. The molecular formula is C18H28N2OS. The van der Waals surface area contributed by atoms with Crippen LogP contribution in [-0.4, -0.2) is 17.7 Å². The van der Waals surface area contributed by atoms with Crippen LogP contribution in [0.5, 0.6) is 0 Å². The van der Waals surface area contributed by atoms with E-state index in [1.165, 1.54) is 4.90 Å². The molecule has 1 aliphatic rings. The summed E-state index contributed by atoms with van der Waals surface area (Å²) in [6, 6.07) is 8.56. The third-order valence-electron chi connectivity index (χ3n) is 4.41. The van der Waals surface area contributed by atoms with Crippen molar-refractivity contribution in [2.75, 3.05) is 6.54 Å². The van der Waals surface area contributed by atoms with Crippen LogP contribution in [0.25, 0.3) is 0 Å². The Morgan fingerprint density at radius 1 is 1.27 bits per heavy atom. The van der Waals surface area contributed by atoms with Gasteiger partial charge in [0.05, 0.1) is 6.04 Å². The van der Waals surface area contributed by atoms with E-state index in [0.29, 0.717) is 17.7 Å². The second-order valence-corrected chi connectivity index (χ2v) is 8.15. The summed E-state index contributed by atoms with van der Waals surface area (Å²) in [6.45, 7) is 7.05. The number of hydrogen-bond donors (Lipinski definition) is 2. The zero-order valence-corrected chi connectivity index (χ0v) is 14.7. The summed E-state index contributed by atoms with van der Waals surface area (Å²) in [5, 5.41) is 3.74. The first-order valence-corrected chi connectivity index (χ1v) is 9.16. The molecule has 122 valence electrons. The van der Waals surface area contributed by atoms with Crippen LogP contribution < -0.4 is 11.1 Å². The highest BCUT2D eigenvalue weighted by atomic mass is 32.2. The Morgan fingerprint density at radius 3 is 2.55 bits per heavy atom. The maximum absolute atomic E-state index is 12.4. The fourth-order valence-corrected chi connectivity index (χ4v) is 4.01. The Labute approximate surface area is 138 Å². The first-order chi connectivity index (χ1) is 10.5. The van der Waals surface area contributed by atoms with Crippen LogP contribution in [0.3, 0.4) is 0 Å². The number of rotatable bonds is 6. The lowest BCUT2D eigenvalue weighted by atomic mass is 9.95. The molecule has 1 aromatic rings. The van der Waals surface area contributed by atoms with E-state index in [1.807, 2.05) is 11.8 Å². The van der Waals surface area contributed by atoms with Crippen LogP contribution >= 0.6 is 11.8 Å². The average molecular weight is 321 g/mol. The smallest absolute Gasteiger partial charge is 0.223 e. The van der Waals surface area contributed by atoms with Gasteiger partial charge in [0.15, 0.2) is 0 Å². The van der Waals surface area contributed by atoms with Crippen LogP contribution in [-0.2, 0) is 4.79 Å². The number of benzene rings is 1. The summed E-state index contributed by atoms with van der Waals surface area (Å²) in [5.74, 6) is 0.626. The highest BCUT2D eigenvalue weighted by Gasteiger charge is 2.32. The van der Waals surface area contributed by atoms with Crippen molar-refractivity contribution in [1.82, 2.24) is 5.32 Å². The largest absolute Gasteiger partial charge is 0.349 e. The maximum Gasteiger partial charge on any atom is 0.223 e. The molecule has 1 unspecified atom stereocenters. The van der Waals surface area contributed by atoms with Crippen LogP contribution in [0, 0.1) is 11.8 Å². The van der Waals surface area contributed by atoms with Crippen molar-refractivity contribution in [2.45, 2.75) is 56.2 Å². The lowest BCUT2D eigenvalue weighted by molar-refractivity contribution is -0.126. The standard InChI is InChI=1S/C18H28N2OS/c1-12(2)22-16-9-7-14(8-10-16)13(3)20-18(21)17-6-4-5-15(17)11-19/h7-10,12-13,15,17H,4-6,11,19H2,1-3H3,(H,20,21)/t13?,15-,17-/m1/s1. The number of thioether (sulfide) groups is 1. The monoisotopic (exact) mass is 320 g/mol. The predicted octanol–water partition coefficient (Wildman–Crippen LogP) is 3.74. The molecule has 4 heteroatoms. The van der Waals surface area contributed by atoms with Crippen molar-refractivity contribution in [2.24, 2.45) is 17.6 Å². The van der Waals surface area contributed by atoms with Crippen LogP contribution in [0.4, 0.5) is 0 Å². The van der Waals surface area contributed by atoms with Crippen molar-refractivity contribution >= 4 is 17.7 Å². The molecule has 0 saturated heterocycles. The summed E-state index contributed by atoms with van der Waals surface area (Å²) >= 11 is 1.86. The third-order valence-corrected chi connectivity index (χ3v) is 5.42. The molecule has 0 radical (unpaired) electrons. The predicted molar refractivity (Wildman–Crippen MR) is 93.9 cm³/mol. The van der Waals surface area contributed by atoms with Gasteiger partial charge in [0, 0.05) is 16.1 Å². The number of carbonyl (C=O) groups is 1. The van der Waals surface area contributed by atoms with Gasteiger partial charge in [-0.25, -0.2) is 0 Å². The van der Waals surface area contributed by atoms with Crippen LogP contribution in [0.1, 0.15) is 51.6 Å². The molecular weight excluding hydrogens is 292 g/mol. The van der Waals surface area contributed by atoms with Gasteiger partial charge in [-0.1, -0.05) is 32.4 Å². The van der Waals surface area contributed by atoms with Gasteiger partial charge in [0.25, 0.3) is 0 Å². The van der Waals surface area contributed by atoms with E-state index in [2.05, 4.69) is 50.4 Å². The summed E-state index contributed by atoms with van der Waals surface area (Å²) < 4.78 is 0. The van der Waals surface area contributed by atoms with Gasteiger partial charge in [-0.15, -0.1) is 11.8 Å². The van der Waals surface area contributed by atoms with Gasteiger partial charge in [0.1, 0.15) is 0 Å². The highest BCUT2D eigenvalue weighted by Crippen LogP contribution is 2.31. The van der Waals surface area contributed by atoms with Gasteiger partial charge in [-0.2, -0.15) is 0 Å². The molecule has 0 heterocycles. The van der Waals surface area contributed by atoms with E-state index in [9.17, 15) is 4.79 Å². The molecule has 3 nitrogen and oxygen atoms in total. The molecule has 1 saturated carbocycles. The number of amides is 1. The summed E-state index contributed by atoms with van der Waals surface area (Å²) in [6.07, 6.45) is 3.18. The van der Waals surface area contributed by atoms with Gasteiger partial charge in [0.2, 0.25) is 5.91 Å². The van der Waals surface area contributed by atoms with Crippen molar-refractivity contribution in [3.63, 3.8) is 0 Å². The summed E-state index contributed by atoms with van der Waals surface area (Å²) in [7, 11) is 0. The van der Waals surface area contributed by atoms with E-state index < -0.39 is 0 Å². The Hall–Kier alpha value is -1.00. The topological polar surface area (TPSA) is 55.1 Å². The normalized spacial score (nSPS) is 22.8. The minimum Gasteiger partial charge on any atom is -0.349 e. The number of carbonyl (C=O) groups excluding carboxylic acids is 1. The van der Waals surface area contributed by atoms with Gasteiger partial charge < -0.3 is 11.1 Å². The first kappa shape index (κ1) is 17.4. The lowest BCUT2D eigenvalue weighted by Gasteiger charge is -2.21. The number of hydrogen-bond acceptors (Lipinski definition) is 3. The second kappa shape index (κ2) is 8.02. The van der Waals surface area contributed by atoms with Gasteiger partial charge in [-0.05, 0) is 49.9 Å². The van der Waals surface area contributed by atoms with Gasteiger partial charge in [-0.3, -0.25) is 4.79 Å².